The molecule has 0 radical (unpaired) electrons. The smallest absolute Gasteiger partial charge is 0.273 e. The van der Waals surface area contributed by atoms with Crippen molar-refractivity contribution in [1.29, 1.82) is 0 Å². The molecule has 0 saturated heterocycles. The molecule has 110 valence electrons. The van der Waals surface area contributed by atoms with Crippen LogP contribution in [0.2, 0.25) is 0 Å². The van der Waals surface area contributed by atoms with E-state index in [4.69, 9.17) is 13.7 Å². The molecule has 0 bridgehead atoms. The minimum absolute atomic E-state index is 0.266. The van der Waals surface area contributed by atoms with Crippen molar-refractivity contribution in [3.05, 3.63) is 12.0 Å². The quantitative estimate of drug-likeness (QED) is 0.533. The molecule has 0 amide bonds. The van der Waals surface area contributed by atoms with Crippen LogP contribution in [0.25, 0.3) is 0 Å². The maximum absolute atomic E-state index is 12.2. The monoisotopic (exact) mass is 290 g/mol. The van der Waals surface area contributed by atoms with Crippen LogP contribution >= 0.6 is 0 Å². The molecule has 19 heavy (non-hydrogen) atoms. The normalized spacial score (nSPS) is 23.4. The van der Waals surface area contributed by atoms with Crippen LogP contribution < -0.4 is 0 Å². The zero-order valence-corrected chi connectivity index (χ0v) is 12.6. The molecule has 0 N–H and O–H groups in total. The average molecular weight is 290 g/mol. The lowest BCUT2D eigenvalue weighted by Crippen LogP contribution is -2.27. The number of ether oxygens (including phenoxy) is 2. The lowest BCUT2D eigenvalue weighted by molar-refractivity contribution is -0.117. The van der Waals surface area contributed by atoms with Crippen molar-refractivity contribution < 1.29 is 22.1 Å². The van der Waals surface area contributed by atoms with Crippen molar-refractivity contribution in [3.63, 3.8) is 0 Å². The van der Waals surface area contributed by atoms with Gasteiger partial charge < -0.3 is 9.47 Å². The summed E-state index contributed by atoms with van der Waals surface area (Å²) in [6.45, 7) is 5.85. The van der Waals surface area contributed by atoms with Crippen molar-refractivity contribution in [3.8, 4) is 0 Å². The second-order valence-corrected chi connectivity index (χ2v) is 7.70. The predicted molar refractivity (Wildman–Crippen MR) is 70.7 cm³/mol. The van der Waals surface area contributed by atoms with Gasteiger partial charge in [0.25, 0.3) is 10.1 Å². The Morgan fingerprint density at radius 2 is 2.05 bits per heavy atom. The van der Waals surface area contributed by atoms with Crippen LogP contribution in [0.1, 0.15) is 52.9 Å². The van der Waals surface area contributed by atoms with E-state index < -0.39 is 20.7 Å². The molecule has 1 heterocycles. The Morgan fingerprint density at radius 1 is 1.37 bits per heavy atom. The Labute approximate surface area is 115 Å². The molecule has 0 atom stereocenters. The largest absolute Gasteiger partial charge is 0.457 e. The van der Waals surface area contributed by atoms with Crippen molar-refractivity contribution in [2.75, 3.05) is 6.61 Å². The molecule has 1 saturated carbocycles. The zero-order chi connectivity index (χ0) is 14.1. The summed E-state index contributed by atoms with van der Waals surface area (Å²) >= 11 is 0. The molecule has 0 aromatic heterocycles. The fourth-order valence-corrected chi connectivity index (χ4v) is 3.57. The van der Waals surface area contributed by atoms with Crippen LogP contribution in [0, 0.1) is 0 Å². The summed E-state index contributed by atoms with van der Waals surface area (Å²) in [5.74, 6) is -0.108. The number of hydrogen-bond acceptors (Lipinski definition) is 5. The number of rotatable bonds is 7. The highest BCUT2D eigenvalue weighted by molar-refractivity contribution is 7.88. The van der Waals surface area contributed by atoms with Crippen molar-refractivity contribution in [1.82, 2.24) is 0 Å². The maximum atomic E-state index is 12.2. The van der Waals surface area contributed by atoms with E-state index in [1.165, 1.54) is 6.26 Å². The molecule has 0 aromatic carbocycles. The van der Waals surface area contributed by atoms with E-state index >= 15 is 0 Å². The summed E-state index contributed by atoms with van der Waals surface area (Å²) in [5.41, 5.74) is 0. The van der Waals surface area contributed by atoms with E-state index in [1.54, 1.807) is 13.8 Å². The summed E-state index contributed by atoms with van der Waals surface area (Å²) in [4.78, 5) is 0. The highest BCUT2D eigenvalue weighted by Gasteiger charge is 2.57. The lowest BCUT2D eigenvalue weighted by atomic mass is 10.2. The molecule has 6 heteroatoms. The molecular weight excluding hydrogens is 268 g/mol. The van der Waals surface area contributed by atoms with Gasteiger partial charge in [-0.1, -0.05) is 13.3 Å². The number of allylic oxidation sites excluding steroid dienone is 1. The molecule has 2 aliphatic rings. The molecule has 1 aliphatic carbocycles. The third kappa shape index (κ3) is 3.23. The maximum Gasteiger partial charge on any atom is 0.273 e. The minimum atomic E-state index is -3.52. The topological polar surface area (TPSA) is 61.8 Å². The second kappa shape index (κ2) is 4.98. The third-order valence-electron chi connectivity index (χ3n) is 3.42. The van der Waals surface area contributed by atoms with E-state index in [9.17, 15) is 8.42 Å². The zero-order valence-electron chi connectivity index (χ0n) is 11.8. The predicted octanol–water partition coefficient (Wildman–Crippen LogP) is 2.68. The van der Waals surface area contributed by atoms with Gasteiger partial charge >= 0.3 is 0 Å². The van der Waals surface area contributed by atoms with Gasteiger partial charge in [0.15, 0.2) is 0 Å². The fraction of sp³-hybridized carbons (Fsp3) is 0.846. The molecule has 0 spiro atoms. The first-order valence-electron chi connectivity index (χ1n) is 6.75. The third-order valence-corrected chi connectivity index (χ3v) is 5.51. The molecular formula is C13H22O5S. The summed E-state index contributed by atoms with van der Waals surface area (Å²) < 4.78 is 39.6. The van der Waals surface area contributed by atoms with Gasteiger partial charge in [-0.05, 0) is 19.3 Å². The molecule has 1 fully saturated rings. The SMILES string of the molecule is CCCCOS(=O)(=O)C1(CC2=COC(C)(C)O2)CC1. The Hall–Kier alpha value is -0.750. The second-order valence-electron chi connectivity index (χ2n) is 5.69. The van der Waals surface area contributed by atoms with Crippen LogP contribution in [0.5, 0.6) is 0 Å². The molecule has 5 nitrogen and oxygen atoms in total. The summed E-state index contributed by atoms with van der Waals surface area (Å²) in [6, 6.07) is 0. The van der Waals surface area contributed by atoms with Gasteiger partial charge in [0, 0.05) is 20.3 Å². The minimum Gasteiger partial charge on any atom is -0.457 e. The van der Waals surface area contributed by atoms with E-state index in [-0.39, 0.29) is 6.61 Å². The first-order valence-corrected chi connectivity index (χ1v) is 8.16. The van der Waals surface area contributed by atoms with Gasteiger partial charge in [0.2, 0.25) is 5.79 Å². The number of hydrogen-bond donors (Lipinski definition) is 0. The van der Waals surface area contributed by atoms with E-state index in [0.29, 0.717) is 25.0 Å². The molecule has 0 unspecified atom stereocenters. The van der Waals surface area contributed by atoms with Gasteiger partial charge in [0.1, 0.15) is 16.8 Å². The van der Waals surface area contributed by atoms with E-state index in [0.717, 1.165) is 12.8 Å². The average Bonchev–Trinajstić information content (AvgIpc) is 3.00. The van der Waals surface area contributed by atoms with Gasteiger partial charge in [-0.15, -0.1) is 0 Å². The highest BCUT2D eigenvalue weighted by Crippen LogP contribution is 2.50. The lowest BCUT2D eigenvalue weighted by Gasteiger charge is -2.20. The molecule has 0 aromatic rings. The number of unbranched alkanes of at least 4 members (excludes halogenated alkanes) is 1. The summed E-state index contributed by atoms with van der Waals surface area (Å²) in [5, 5.41) is 0. The van der Waals surface area contributed by atoms with E-state index in [2.05, 4.69) is 0 Å². The van der Waals surface area contributed by atoms with Crippen molar-refractivity contribution in [2.24, 2.45) is 0 Å². The van der Waals surface area contributed by atoms with Gasteiger partial charge in [0.05, 0.1) is 6.61 Å². The Morgan fingerprint density at radius 3 is 2.53 bits per heavy atom. The van der Waals surface area contributed by atoms with Crippen LogP contribution in [0.4, 0.5) is 0 Å². The fourth-order valence-electron chi connectivity index (χ4n) is 2.06. The van der Waals surface area contributed by atoms with Crippen molar-refractivity contribution in [2.45, 2.75) is 63.4 Å². The van der Waals surface area contributed by atoms with Crippen LogP contribution in [-0.2, 0) is 23.8 Å². The Bertz CT molecular complexity index is 459. The first kappa shape index (κ1) is 14.7. The molecule has 2 rings (SSSR count). The Balaban J connectivity index is 1.96. The van der Waals surface area contributed by atoms with Crippen molar-refractivity contribution >= 4 is 10.1 Å². The summed E-state index contributed by atoms with van der Waals surface area (Å²) in [7, 11) is -3.52. The standard InChI is InChI=1S/C13H22O5S/c1-4-5-8-17-19(14,15)13(6-7-13)9-11-10-16-12(2,3)18-11/h10H,4-9H2,1-3H3. The molecule has 1 aliphatic heterocycles. The first-order chi connectivity index (χ1) is 8.80. The van der Waals surface area contributed by atoms with E-state index in [1.807, 2.05) is 6.92 Å². The van der Waals surface area contributed by atoms with Gasteiger partial charge in [-0.2, -0.15) is 8.42 Å². The van der Waals surface area contributed by atoms with Gasteiger partial charge in [-0.25, -0.2) is 0 Å². The van der Waals surface area contributed by atoms with Crippen LogP contribution in [-0.4, -0.2) is 25.6 Å². The highest BCUT2D eigenvalue weighted by atomic mass is 32.2. The van der Waals surface area contributed by atoms with Crippen LogP contribution in [0.3, 0.4) is 0 Å². The van der Waals surface area contributed by atoms with Crippen LogP contribution in [0.15, 0.2) is 12.0 Å². The van der Waals surface area contributed by atoms with Gasteiger partial charge in [-0.3, -0.25) is 4.18 Å². The summed E-state index contributed by atoms with van der Waals surface area (Å²) in [6.07, 6.45) is 4.78. The Kier molecular flexibility index (Phi) is 3.84.